The Morgan fingerprint density at radius 1 is 1.09 bits per heavy atom. The lowest BCUT2D eigenvalue weighted by Crippen LogP contribution is -2.35. The molecule has 7 heteroatoms. The molecule has 176 valence electrons. The van der Waals surface area contributed by atoms with Gasteiger partial charge in [0, 0.05) is 19.2 Å². The monoisotopic (exact) mass is 468 g/mol. The Morgan fingerprint density at radius 2 is 1.79 bits per heavy atom. The molecule has 1 aliphatic carbocycles. The van der Waals surface area contributed by atoms with Crippen molar-refractivity contribution in [1.29, 1.82) is 0 Å². The zero-order chi connectivity index (χ0) is 23.4. The molecule has 0 spiro atoms. The van der Waals surface area contributed by atoms with Crippen molar-refractivity contribution in [2.75, 3.05) is 20.2 Å². The number of carbonyl (C=O) groups is 1. The number of hydrogen-bond acceptors (Lipinski definition) is 4. The number of aryl methyl sites for hydroxylation is 1. The van der Waals surface area contributed by atoms with Gasteiger partial charge in [-0.2, -0.15) is 4.31 Å². The molecule has 2 aromatic rings. The maximum absolute atomic E-state index is 13.2. The van der Waals surface area contributed by atoms with E-state index in [2.05, 4.69) is 29.6 Å². The predicted octanol–water partition coefficient (Wildman–Crippen LogP) is 4.46. The first-order chi connectivity index (χ1) is 15.9. The van der Waals surface area contributed by atoms with Gasteiger partial charge in [0.2, 0.25) is 15.9 Å². The fraction of sp³-hybridized carbons (Fsp3) is 0.423. The highest BCUT2D eigenvalue weighted by atomic mass is 32.2. The molecule has 0 aromatic heterocycles. The molecule has 33 heavy (non-hydrogen) atoms. The summed E-state index contributed by atoms with van der Waals surface area (Å²) in [6.07, 6.45) is 8.13. The summed E-state index contributed by atoms with van der Waals surface area (Å²) in [6, 6.07) is 13.3. The minimum absolute atomic E-state index is 0.00587. The highest BCUT2D eigenvalue weighted by Gasteiger charge is 2.33. The standard InChI is InChI=1S/C26H32N2O4S/c1-19-6-10-21(11-7-19)26(22-12-13-22)27-25(29)15-9-20-8-14-23(32-2)24(18-20)33(30,31)28-16-4-3-5-17-28/h6-11,14-15,18,22,26H,3-5,12-13,16-17H2,1-2H3,(H,27,29). The van der Waals surface area contributed by atoms with Gasteiger partial charge >= 0.3 is 0 Å². The summed E-state index contributed by atoms with van der Waals surface area (Å²) >= 11 is 0. The lowest BCUT2D eigenvalue weighted by molar-refractivity contribution is -0.117. The number of nitrogens with one attached hydrogen (secondary N) is 1. The van der Waals surface area contributed by atoms with Crippen LogP contribution in [0, 0.1) is 12.8 Å². The topological polar surface area (TPSA) is 75.7 Å². The van der Waals surface area contributed by atoms with E-state index in [1.54, 1.807) is 24.3 Å². The number of amides is 1. The Labute approximate surface area is 196 Å². The van der Waals surface area contributed by atoms with Crippen LogP contribution < -0.4 is 10.1 Å². The second-order valence-electron chi connectivity index (χ2n) is 8.94. The molecule has 2 aliphatic rings. The Balaban J connectivity index is 1.51. The number of sulfonamides is 1. The van der Waals surface area contributed by atoms with Crippen LogP contribution in [0.3, 0.4) is 0 Å². The maximum atomic E-state index is 13.2. The van der Waals surface area contributed by atoms with Crippen molar-refractivity contribution in [2.45, 2.75) is 50.0 Å². The highest BCUT2D eigenvalue weighted by Crippen LogP contribution is 2.41. The molecular formula is C26H32N2O4S. The van der Waals surface area contributed by atoms with Crippen LogP contribution in [0.4, 0.5) is 0 Å². The Hall–Kier alpha value is -2.64. The number of benzene rings is 2. The van der Waals surface area contributed by atoms with Gasteiger partial charge in [-0.3, -0.25) is 4.79 Å². The predicted molar refractivity (Wildman–Crippen MR) is 129 cm³/mol. The van der Waals surface area contributed by atoms with Gasteiger partial charge in [0.25, 0.3) is 0 Å². The van der Waals surface area contributed by atoms with Gasteiger partial charge < -0.3 is 10.1 Å². The molecule has 1 atom stereocenters. The minimum atomic E-state index is -3.65. The molecular weight excluding hydrogens is 436 g/mol. The van der Waals surface area contributed by atoms with Crippen LogP contribution in [0.1, 0.15) is 54.8 Å². The molecule has 1 N–H and O–H groups in total. The summed E-state index contributed by atoms with van der Waals surface area (Å²) in [5.74, 6) is 0.589. The van der Waals surface area contributed by atoms with E-state index >= 15 is 0 Å². The fourth-order valence-electron chi connectivity index (χ4n) is 4.29. The fourth-order valence-corrected chi connectivity index (χ4v) is 6.00. The second kappa shape index (κ2) is 10.1. The average Bonchev–Trinajstić information content (AvgIpc) is 3.67. The van der Waals surface area contributed by atoms with E-state index in [9.17, 15) is 13.2 Å². The van der Waals surface area contributed by atoms with E-state index in [4.69, 9.17) is 4.74 Å². The quantitative estimate of drug-likeness (QED) is 0.581. The Kier molecular flexibility index (Phi) is 7.20. The third-order valence-electron chi connectivity index (χ3n) is 6.38. The van der Waals surface area contributed by atoms with Gasteiger partial charge in [-0.1, -0.05) is 42.3 Å². The molecule has 1 aliphatic heterocycles. The average molecular weight is 469 g/mol. The van der Waals surface area contributed by atoms with Gasteiger partial charge in [-0.05, 0) is 67.9 Å². The van der Waals surface area contributed by atoms with Crippen molar-refractivity contribution in [3.8, 4) is 5.75 Å². The van der Waals surface area contributed by atoms with Crippen LogP contribution in [0.25, 0.3) is 6.08 Å². The molecule has 1 saturated carbocycles. The molecule has 1 amide bonds. The first kappa shape index (κ1) is 23.5. The van der Waals surface area contributed by atoms with Crippen molar-refractivity contribution >= 4 is 22.0 Å². The number of piperidine rings is 1. The van der Waals surface area contributed by atoms with Gasteiger partial charge in [0.1, 0.15) is 10.6 Å². The summed E-state index contributed by atoms with van der Waals surface area (Å²) < 4.78 is 33.3. The maximum Gasteiger partial charge on any atom is 0.246 e. The van der Waals surface area contributed by atoms with Gasteiger partial charge in [-0.25, -0.2) is 8.42 Å². The zero-order valence-electron chi connectivity index (χ0n) is 19.3. The number of rotatable bonds is 8. The van der Waals surface area contributed by atoms with Crippen molar-refractivity contribution in [2.24, 2.45) is 5.92 Å². The van der Waals surface area contributed by atoms with E-state index in [0.717, 1.165) is 37.7 Å². The Morgan fingerprint density at radius 3 is 2.42 bits per heavy atom. The molecule has 1 saturated heterocycles. The number of methoxy groups -OCH3 is 1. The van der Waals surface area contributed by atoms with E-state index in [1.807, 2.05) is 6.92 Å². The normalized spacial score (nSPS) is 18.2. The molecule has 2 aromatic carbocycles. The third kappa shape index (κ3) is 5.65. The molecule has 0 radical (unpaired) electrons. The molecule has 1 heterocycles. The van der Waals surface area contributed by atoms with E-state index < -0.39 is 10.0 Å². The summed E-state index contributed by atoms with van der Waals surface area (Å²) in [6.45, 7) is 3.09. The van der Waals surface area contributed by atoms with Crippen LogP contribution >= 0.6 is 0 Å². The SMILES string of the molecule is COc1ccc(C=CC(=O)NC(c2ccc(C)cc2)C2CC2)cc1S(=O)(=O)N1CCCCC1. The lowest BCUT2D eigenvalue weighted by atomic mass is 10.0. The Bertz CT molecular complexity index is 1120. The number of carbonyl (C=O) groups excluding carboxylic acids is 1. The molecule has 0 bridgehead atoms. The summed E-state index contributed by atoms with van der Waals surface area (Å²) in [7, 11) is -2.18. The number of ether oxygens (including phenoxy) is 1. The molecule has 4 rings (SSSR count). The van der Waals surface area contributed by atoms with Gasteiger partial charge in [0.15, 0.2) is 0 Å². The van der Waals surface area contributed by atoms with Crippen LogP contribution in [0.15, 0.2) is 53.4 Å². The molecule has 2 fully saturated rings. The molecule has 6 nitrogen and oxygen atoms in total. The van der Waals surface area contributed by atoms with E-state index in [0.29, 0.717) is 30.3 Å². The van der Waals surface area contributed by atoms with Crippen molar-refractivity contribution < 1.29 is 17.9 Å². The summed E-state index contributed by atoms with van der Waals surface area (Å²) in [5.41, 5.74) is 2.94. The smallest absolute Gasteiger partial charge is 0.246 e. The van der Waals surface area contributed by atoms with Gasteiger partial charge in [-0.15, -0.1) is 0 Å². The summed E-state index contributed by atoms with van der Waals surface area (Å²) in [4.78, 5) is 12.8. The van der Waals surface area contributed by atoms with Crippen LogP contribution in [0.5, 0.6) is 5.75 Å². The first-order valence-electron chi connectivity index (χ1n) is 11.6. The van der Waals surface area contributed by atoms with Crippen LogP contribution in [0.2, 0.25) is 0 Å². The van der Waals surface area contributed by atoms with Crippen molar-refractivity contribution in [1.82, 2.24) is 9.62 Å². The van der Waals surface area contributed by atoms with E-state index in [-0.39, 0.29) is 16.8 Å². The zero-order valence-corrected chi connectivity index (χ0v) is 20.1. The van der Waals surface area contributed by atoms with E-state index in [1.165, 1.54) is 23.1 Å². The first-order valence-corrected chi connectivity index (χ1v) is 13.1. The number of hydrogen-bond donors (Lipinski definition) is 1. The van der Waals surface area contributed by atoms with Gasteiger partial charge in [0.05, 0.1) is 13.2 Å². The lowest BCUT2D eigenvalue weighted by Gasteiger charge is -2.26. The minimum Gasteiger partial charge on any atom is -0.495 e. The molecule has 1 unspecified atom stereocenters. The van der Waals surface area contributed by atoms with Crippen molar-refractivity contribution in [3.63, 3.8) is 0 Å². The highest BCUT2D eigenvalue weighted by molar-refractivity contribution is 7.89. The second-order valence-corrected chi connectivity index (χ2v) is 10.8. The van der Waals surface area contributed by atoms with Crippen LogP contribution in [-0.4, -0.2) is 38.8 Å². The third-order valence-corrected chi connectivity index (χ3v) is 8.30. The number of nitrogens with zero attached hydrogens (tertiary/aromatic N) is 1. The summed E-state index contributed by atoms with van der Waals surface area (Å²) in [5, 5.41) is 3.13. The van der Waals surface area contributed by atoms with Crippen molar-refractivity contribution in [3.05, 3.63) is 65.2 Å². The van der Waals surface area contributed by atoms with Crippen LogP contribution in [-0.2, 0) is 14.8 Å². The largest absolute Gasteiger partial charge is 0.495 e.